The van der Waals surface area contributed by atoms with Gasteiger partial charge in [0, 0.05) is 31.0 Å². The van der Waals surface area contributed by atoms with Crippen molar-refractivity contribution in [2.75, 3.05) is 35.0 Å². The number of hydrogen-bond acceptors (Lipinski definition) is 6. The van der Waals surface area contributed by atoms with E-state index in [1.165, 1.54) is 39.8 Å². The SMILES string of the molecule is Cc1cc(-c2ncn(-c3cccc(C(F)(F)F)c3)n2)ccc1NC(=O)/N=C1\SCC(=O)N1c1cc(N(C)C)ccc1C(C)C. The average molecular weight is 622 g/mol. The molecule has 1 aliphatic heterocycles. The van der Waals surface area contributed by atoms with Crippen molar-refractivity contribution in [2.45, 2.75) is 32.9 Å². The van der Waals surface area contributed by atoms with E-state index >= 15 is 0 Å². The summed E-state index contributed by atoms with van der Waals surface area (Å²) in [6.45, 7) is 5.88. The number of anilines is 3. The molecule has 0 saturated carbocycles. The van der Waals surface area contributed by atoms with Crippen molar-refractivity contribution in [1.82, 2.24) is 14.8 Å². The molecule has 228 valence electrons. The minimum absolute atomic E-state index is 0.141. The van der Waals surface area contributed by atoms with E-state index in [2.05, 4.69) is 20.4 Å². The standard InChI is InChI=1S/C31H30F3N7O2S/c1-18(2)24-11-10-22(39(4)5)15-26(24)41-27(42)16-44-30(41)37-29(43)36-25-12-9-20(13-19(25)3)28-35-17-40(38-28)23-8-6-7-21(14-23)31(32,33)34/h6-15,17-18H,16H2,1-5H3,(H,36,43)/b37-30-. The van der Waals surface area contributed by atoms with Gasteiger partial charge in [-0.2, -0.15) is 18.2 Å². The normalized spacial score (nSPS) is 14.5. The first-order valence-electron chi connectivity index (χ1n) is 13.7. The third-order valence-electron chi connectivity index (χ3n) is 7.01. The summed E-state index contributed by atoms with van der Waals surface area (Å²) < 4.78 is 40.7. The Hall–Kier alpha value is -4.65. The van der Waals surface area contributed by atoms with Crippen LogP contribution < -0.4 is 15.1 Å². The van der Waals surface area contributed by atoms with Crippen LogP contribution in [-0.2, 0) is 11.0 Å². The summed E-state index contributed by atoms with van der Waals surface area (Å²) in [6, 6.07) is 15.2. The predicted octanol–water partition coefficient (Wildman–Crippen LogP) is 7.12. The second-order valence-corrected chi connectivity index (χ2v) is 11.7. The highest BCUT2D eigenvalue weighted by Gasteiger charge is 2.33. The van der Waals surface area contributed by atoms with E-state index in [0.29, 0.717) is 33.5 Å². The Morgan fingerprint density at radius 1 is 1.09 bits per heavy atom. The molecule has 13 heteroatoms. The molecule has 0 bridgehead atoms. The fraction of sp³-hybridized carbons (Fsp3) is 0.258. The number of hydrogen-bond donors (Lipinski definition) is 1. The summed E-state index contributed by atoms with van der Waals surface area (Å²) in [5.41, 5.74) is 3.84. The molecule has 2 heterocycles. The molecule has 1 aliphatic rings. The Kier molecular flexibility index (Phi) is 8.51. The van der Waals surface area contributed by atoms with Gasteiger partial charge >= 0.3 is 12.2 Å². The average Bonchev–Trinajstić information content (AvgIpc) is 3.60. The highest BCUT2D eigenvalue weighted by molar-refractivity contribution is 8.15. The minimum Gasteiger partial charge on any atom is -0.378 e. The zero-order valence-corrected chi connectivity index (χ0v) is 25.5. The van der Waals surface area contributed by atoms with Crippen molar-refractivity contribution in [3.63, 3.8) is 0 Å². The topological polar surface area (TPSA) is 95.7 Å². The predicted molar refractivity (Wildman–Crippen MR) is 168 cm³/mol. The quantitative estimate of drug-likeness (QED) is 0.246. The molecule has 0 atom stereocenters. The van der Waals surface area contributed by atoms with Crippen molar-refractivity contribution in [2.24, 2.45) is 4.99 Å². The van der Waals surface area contributed by atoms with Crippen LogP contribution in [0.5, 0.6) is 0 Å². The zero-order chi connectivity index (χ0) is 31.8. The zero-order valence-electron chi connectivity index (χ0n) is 24.7. The second-order valence-electron chi connectivity index (χ2n) is 10.7. The molecule has 9 nitrogen and oxygen atoms in total. The van der Waals surface area contributed by atoms with E-state index in [1.807, 2.05) is 51.0 Å². The number of carbonyl (C=O) groups is 2. The Labute approximate surface area is 256 Å². The molecular weight excluding hydrogens is 591 g/mol. The summed E-state index contributed by atoms with van der Waals surface area (Å²) in [5, 5.41) is 7.42. The van der Waals surface area contributed by atoms with Crippen LogP contribution in [0.25, 0.3) is 17.1 Å². The van der Waals surface area contributed by atoms with Crippen molar-refractivity contribution < 1.29 is 22.8 Å². The molecule has 1 aromatic heterocycles. The first kappa shape index (κ1) is 30.8. The van der Waals surface area contributed by atoms with E-state index in [9.17, 15) is 22.8 Å². The van der Waals surface area contributed by atoms with Gasteiger partial charge in [-0.3, -0.25) is 9.69 Å². The fourth-order valence-corrected chi connectivity index (χ4v) is 5.55. The van der Waals surface area contributed by atoms with Gasteiger partial charge in [-0.1, -0.05) is 37.7 Å². The number of thioether (sulfide) groups is 1. The molecular formula is C31H30F3N7O2S. The van der Waals surface area contributed by atoms with Crippen molar-refractivity contribution in [3.8, 4) is 17.1 Å². The number of halogens is 3. The fourth-order valence-electron chi connectivity index (χ4n) is 4.69. The molecule has 1 saturated heterocycles. The third-order valence-corrected chi connectivity index (χ3v) is 7.94. The summed E-state index contributed by atoms with van der Waals surface area (Å²) in [5.74, 6) is 0.462. The van der Waals surface area contributed by atoms with E-state index in [4.69, 9.17) is 0 Å². The Balaban J connectivity index is 1.35. The molecule has 0 aliphatic carbocycles. The maximum atomic E-state index is 13.1. The van der Waals surface area contributed by atoms with Gasteiger partial charge in [0.1, 0.15) is 6.33 Å². The number of aliphatic imine (C=N–C) groups is 1. The summed E-state index contributed by atoms with van der Waals surface area (Å²) >= 11 is 1.20. The van der Waals surface area contributed by atoms with Crippen LogP contribution in [0.3, 0.4) is 0 Å². The van der Waals surface area contributed by atoms with Crippen LogP contribution in [0.2, 0.25) is 0 Å². The van der Waals surface area contributed by atoms with Gasteiger partial charge in [-0.25, -0.2) is 14.5 Å². The van der Waals surface area contributed by atoms with Gasteiger partial charge in [0.15, 0.2) is 11.0 Å². The van der Waals surface area contributed by atoms with Gasteiger partial charge < -0.3 is 10.2 Å². The molecule has 5 rings (SSSR count). The van der Waals surface area contributed by atoms with Crippen LogP contribution in [0.4, 0.5) is 35.0 Å². The van der Waals surface area contributed by atoms with Crippen LogP contribution in [0.1, 0.15) is 36.5 Å². The van der Waals surface area contributed by atoms with E-state index < -0.39 is 17.8 Å². The molecule has 44 heavy (non-hydrogen) atoms. The minimum atomic E-state index is -4.47. The number of aryl methyl sites for hydroxylation is 1. The van der Waals surface area contributed by atoms with Gasteiger partial charge in [0.2, 0.25) is 5.91 Å². The molecule has 3 amide bonds. The molecule has 0 spiro atoms. The van der Waals surface area contributed by atoms with Crippen molar-refractivity contribution in [3.05, 3.63) is 83.7 Å². The van der Waals surface area contributed by atoms with Gasteiger partial charge in [0.05, 0.1) is 22.7 Å². The van der Waals surface area contributed by atoms with Gasteiger partial charge in [-0.05, 0) is 72.5 Å². The lowest BCUT2D eigenvalue weighted by molar-refractivity contribution is -0.137. The summed E-state index contributed by atoms with van der Waals surface area (Å²) in [7, 11) is 3.84. The lowest BCUT2D eigenvalue weighted by Gasteiger charge is -2.24. The maximum Gasteiger partial charge on any atom is 0.416 e. The van der Waals surface area contributed by atoms with E-state index in [1.54, 1.807) is 25.1 Å². The smallest absolute Gasteiger partial charge is 0.378 e. The van der Waals surface area contributed by atoms with Crippen molar-refractivity contribution >= 4 is 45.9 Å². The Morgan fingerprint density at radius 3 is 2.55 bits per heavy atom. The molecule has 0 radical (unpaired) electrons. The van der Waals surface area contributed by atoms with Crippen molar-refractivity contribution in [1.29, 1.82) is 0 Å². The number of amides is 3. The number of urea groups is 1. The Bertz CT molecular complexity index is 1770. The summed E-state index contributed by atoms with van der Waals surface area (Å²) in [6.07, 6.45) is -3.13. The lowest BCUT2D eigenvalue weighted by atomic mass is 9.99. The van der Waals surface area contributed by atoms with Gasteiger partial charge in [-0.15, -0.1) is 5.10 Å². The van der Waals surface area contributed by atoms with Crippen LogP contribution in [0.15, 0.2) is 72.0 Å². The largest absolute Gasteiger partial charge is 0.416 e. The number of nitrogens with one attached hydrogen (secondary N) is 1. The van der Waals surface area contributed by atoms with E-state index in [-0.39, 0.29) is 23.3 Å². The molecule has 1 N–H and O–H groups in total. The highest BCUT2D eigenvalue weighted by Crippen LogP contribution is 2.36. The van der Waals surface area contributed by atoms with Gasteiger partial charge in [0.25, 0.3) is 0 Å². The molecule has 4 aromatic rings. The first-order valence-corrected chi connectivity index (χ1v) is 14.7. The number of carbonyl (C=O) groups excluding carboxylic acids is 2. The third kappa shape index (κ3) is 6.47. The number of nitrogens with zero attached hydrogens (tertiary/aromatic N) is 6. The Morgan fingerprint density at radius 2 is 1.86 bits per heavy atom. The van der Waals surface area contributed by atoms with Crippen LogP contribution >= 0.6 is 11.8 Å². The summed E-state index contributed by atoms with van der Waals surface area (Å²) in [4.78, 5) is 38.0. The molecule has 3 aromatic carbocycles. The molecule has 1 fully saturated rings. The number of benzene rings is 3. The number of aromatic nitrogens is 3. The number of alkyl halides is 3. The highest BCUT2D eigenvalue weighted by atomic mass is 32.2. The monoisotopic (exact) mass is 621 g/mol. The second kappa shape index (κ2) is 12.2. The maximum absolute atomic E-state index is 13.1. The first-order chi connectivity index (χ1) is 20.8. The number of rotatable bonds is 6. The van der Waals surface area contributed by atoms with Crippen LogP contribution in [0, 0.1) is 6.92 Å². The lowest BCUT2D eigenvalue weighted by Crippen LogP contribution is -2.31. The number of amidine groups is 1. The van der Waals surface area contributed by atoms with E-state index in [0.717, 1.165) is 23.4 Å². The molecule has 0 unspecified atom stereocenters. The van der Waals surface area contributed by atoms with Crippen LogP contribution in [-0.4, -0.2) is 51.7 Å².